The standard InChI is InChI=1S/4C4H9NO.2BrH.2Hf/c4*1-2-3-4(5)6;;;;/h4*2-3H2,1H3,(H2,5,6);2*1H;;/p-6. The normalized spacial score (nSPS) is 7.00. The molecule has 0 saturated heterocycles. The molecule has 0 heterocycles. The van der Waals surface area contributed by atoms with Gasteiger partial charge in [0, 0.05) is 75.3 Å². The van der Waals surface area contributed by atoms with Gasteiger partial charge in [-0.3, -0.25) is 0 Å². The van der Waals surface area contributed by atoms with Crippen molar-refractivity contribution in [3.8, 4) is 0 Å². The number of hydrogen-bond donors (Lipinski definition) is 0. The number of hydrogen-bond acceptors (Lipinski definition) is 4. The van der Waals surface area contributed by atoms with Crippen LogP contribution in [-0.4, -0.2) is 23.6 Å². The first-order valence-corrected chi connectivity index (χ1v) is 8.06. The van der Waals surface area contributed by atoms with Crippen molar-refractivity contribution in [1.82, 2.24) is 0 Å². The molecule has 0 aliphatic carbocycles. The van der Waals surface area contributed by atoms with Gasteiger partial charge in [-0.05, 0) is 25.7 Å². The van der Waals surface area contributed by atoms with E-state index in [0.717, 1.165) is 25.7 Å². The zero-order valence-corrected chi connectivity index (χ0v) is 27.4. The molecule has 0 atom stereocenters. The van der Waals surface area contributed by atoms with Crippen LogP contribution in [0.15, 0.2) is 0 Å². The summed E-state index contributed by atoms with van der Waals surface area (Å²) in [5, 5.41) is 0. The molecule has 0 rings (SSSR count). The van der Waals surface area contributed by atoms with Crippen LogP contribution in [0, 0.1) is 0 Å². The third-order valence-corrected chi connectivity index (χ3v) is 1.91. The third-order valence-electron chi connectivity index (χ3n) is 1.91. The minimum atomic E-state index is -0.461. The molecule has 0 aromatic carbocycles. The molecule has 4 N–H and O–H groups in total. The Morgan fingerprint density at radius 3 is 0.571 bits per heavy atom. The van der Waals surface area contributed by atoms with E-state index in [-0.39, 0.29) is 85.6 Å². The van der Waals surface area contributed by atoms with E-state index in [9.17, 15) is 19.2 Å². The van der Waals surface area contributed by atoms with Crippen LogP contribution in [0.1, 0.15) is 79.1 Å². The van der Waals surface area contributed by atoms with Crippen LogP contribution < -0.4 is 34.0 Å². The monoisotopic (exact) mass is 862 g/mol. The maximum atomic E-state index is 9.71. The summed E-state index contributed by atoms with van der Waals surface area (Å²) in [7, 11) is 0. The fraction of sp³-hybridized carbons (Fsp3) is 0.750. The molecule has 4 amide bonds. The predicted molar refractivity (Wildman–Crippen MR) is 96.9 cm³/mol. The summed E-state index contributed by atoms with van der Waals surface area (Å²) in [5.41, 5.74) is 25.4. The van der Waals surface area contributed by atoms with Crippen molar-refractivity contribution in [1.29, 1.82) is 0 Å². The fourth-order valence-corrected chi connectivity index (χ4v) is 0.908. The van der Waals surface area contributed by atoms with Crippen LogP contribution in [-0.2, 0) is 70.9 Å². The van der Waals surface area contributed by atoms with Gasteiger partial charge in [-0.25, -0.2) is 0 Å². The molecule has 0 fully saturated rings. The van der Waals surface area contributed by atoms with Gasteiger partial charge in [-0.1, -0.05) is 53.4 Å². The summed E-state index contributed by atoms with van der Waals surface area (Å²) < 4.78 is 0. The second kappa shape index (κ2) is 46.0. The predicted octanol–water partition coefficient (Wildman–Crippen LogP) is -0.536. The first-order chi connectivity index (χ1) is 11.1. The van der Waals surface area contributed by atoms with Crippen LogP contribution >= 0.6 is 0 Å². The van der Waals surface area contributed by atoms with Crippen molar-refractivity contribution in [3.63, 3.8) is 0 Å². The van der Waals surface area contributed by atoms with Gasteiger partial charge in [0.2, 0.25) is 0 Å². The van der Waals surface area contributed by atoms with Crippen molar-refractivity contribution in [2.75, 3.05) is 0 Å². The molecular weight excluding hydrogens is 829 g/mol. The Balaban J connectivity index is -0.0000000303. The number of rotatable bonds is 8. The van der Waals surface area contributed by atoms with Gasteiger partial charge in [0.25, 0.3) is 0 Å². The quantitative estimate of drug-likeness (QED) is 0.300. The average Bonchev–Trinajstić information content (AvgIpc) is 2.39. The van der Waals surface area contributed by atoms with Gasteiger partial charge in [-0.2, -0.15) is 0 Å². The zero-order valence-electron chi connectivity index (χ0n) is 17.0. The summed E-state index contributed by atoms with van der Waals surface area (Å²) in [6.45, 7) is 7.53. The summed E-state index contributed by atoms with van der Waals surface area (Å²) in [6.07, 6.45) is 4.79. The van der Waals surface area contributed by atoms with Crippen LogP contribution in [0.3, 0.4) is 0 Å². The van der Waals surface area contributed by atoms with Gasteiger partial charge < -0.3 is 76.1 Å². The SMILES string of the molecule is CCCC([NH-])=O.CCCC([NH-])=O.CCCC([NH-])=O.CCCC([NH-])=O.[Br-].[Br-].[Hf].[Hf]. The van der Waals surface area contributed by atoms with Crippen LogP contribution in [0.25, 0.3) is 22.9 Å². The molecule has 0 aliphatic heterocycles. The summed E-state index contributed by atoms with van der Waals surface area (Å²) in [5.74, 6) is -1.84. The van der Waals surface area contributed by atoms with Gasteiger partial charge in [0.1, 0.15) is 0 Å². The maximum Gasteiger partial charge on any atom is 0.0487 e. The minimum absolute atomic E-state index is 0. The maximum absolute atomic E-state index is 9.71. The zero-order chi connectivity index (χ0) is 20.0. The molecule has 0 radical (unpaired) electrons. The molecule has 0 bridgehead atoms. The van der Waals surface area contributed by atoms with Gasteiger partial charge >= 0.3 is 0 Å². The van der Waals surface area contributed by atoms with Crippen LogP contribution in [0.5, 0.6) is 0 Å². The van der Waals surface area contributed by atoms with Crippen molar-refractivity contribution in [3.05, 3.63) is 22.9 Å². The van der Waals surface area contributed by atoms with E-state index in [2.05, 4.69) is 0 Å². The molecule has 0 aromatic rings. The van der Waals surface area contributed by atoms with Crippen molar-refractivity contribution < 1.29 is 105 Å². The molecule has 12 heteroatoms. The molecule has 0 aromatic heterocycles. The Kier molecular flexibility index (Phi) is 84.3. The molecule has 0 saturated carbocycles. The largest absolute Gasteiger partial charge is 1.00 e. The van der Waals surface area contributed by atoms with E-state index < -0.39 is 23.6 Å². The summed E-state index contributed by atoms with van der Waals surface area (Å²) >= 11 is 0. The van der Waals surface area contributed by atoms with E-state index in [4.69, 9.17) is 22.9 Å². The third kappa shape index (κ3) is 110. The number of carbonyl (C=O) groups excluding carboxylic acids is 4. The summed E-state index contributed by atoms with van der Waals surface area (Å²) in [6, 6.07) is 0. The first-order valence-electron chi connectivity index (χ1n) is 8.06. The molecule has 0 aliphatic rings. The summed E-state index contributed by atoms with van der Waals surface area (Å²) in [4.78, 5) is 38.8. The second-order valence-electron chi connectivity index (χ2n) is 4.69. The molecule has 8 nitrogen and oxygen atoms in total. The molecule has 168 valence electrons. The molecule has 28 heavy (non-hydrogen) atoms. The van der Waals surface area contributed by atoms with Gasteiger partial charge in [0.15, 0.2) is 0 Å². The Morgan fingerprint density at radius 2 is 0.571 bits per heavy atom. The number of carbonyl (C=O) groups is 4. The van der Waals surface area contributed by atoms with Gasteiger partial charge in [0.05, 0.1) is 0 Å². The molecule has 0 spiro atoms. The van der Waals surface area contributed by atoms with E-state index in [1.54, 1.807) is 0 Å². The van der Waals surface area contributed by atoms with Crippen molar-refractivity contribution >= 4 is 23.6 Å². The van der Waals surface area contributed by atoms with Gasteiger partial charge in [-0.15, -0.1) is 0 Å². The van der Waals surface area contributed by atoms with Crippen LogP contribution in [0.2, 0.25) is 0 Å². The van der Waals surface area contributed by atoms with E-state index in [0.29, 0.717) is 25.7 Å². The first kappa shape index (κ1) is 51.3. The average molecular weight is 861 g/mol. The topological polar surface area (TPSA) is 163 Å². The Hall–Kier alpha value is 0.580. The second-order valence-corrected chi connectivity index (χ2v) is 4.69. The number of halogens is 2. The van der Waals surface area contributed by atoms with Crippen LogP contribution in [0.4, 0.5) is 0 Å². The minimum Gasteiger partial charge on any atom is -1.00 e. The number of nitrogens with one attached hydrogen (secondary N) is 4. The molecule has 0 unspecified atom stereocenters. The Bertz CT molecular complexity index is 291. The van der Waals surface area contributed by atoms with E-state index in [1.165, 1.54) is 0 Å². The smallest absolute Gasteiger partial charge is 0.0487 e. The van der Waals surface area contributed by atoms with Crippen molar-refractivity contribution in [2.45, 2.75) is 79.1 Å². The van der Waals surface area contributed by atoms with E-state index >= 15 is 0 Å². The molecular formula is C16H32Br2Hf2N4O4-6. The van der Waals surface area contributed by atoms with Crippen molar-refractivity contribution in [2.24, 2.45) is 0 Å². The number of amides is 4. The Labute approximate surface area is 228 Å². The van der Waals surface area contributed by atoms with E-state index in [1.807, 2.05) is 27.7 Å². The fourth-order valence-electron chi connectivity index (χ4n) is 0.908. The Morgan fingerprint density at radius 1 is 0.464 bits per heavy atom.